The van der Waals surface area contributed by atoms with Crippen LogP contribution in [0.1, 0.15) is 37.6 Å². The summed E-state index contributed by atoms with van der Waals surface area (Å²) in [5.41, 5.74) is 3.16. The minimum absolute atomic E-state index is 0.0325. The van der Waals surface area contributed by atoms with Crippen LogP contribution in [0.15, 0.2) is 53.6 Å². The molecule has 1 aromatic carbocycles. The second kappa shape index (κ2) is 3.44. The Labute approximate surface area is 108 Å². The number of hydrogen-bond acceptors (Lipinski definition) is 1. The van der Waals surface area contributed by atoms with Crippen LogP contribution in [0, 0.1) is 10.8 Å². The van der Waals surface area contributed by atoms with Crippen molar-refractivity contribution in [2.75, 3.05) is 0 Å². The summed E-state index contributed by atoms with van der Waals surface area (Å²) in [6.07, 6.45) is 5.38. The van der Waals surface area contributed by atoms with Gasteiger partial charge in [0.15, 0.2) is 5.78 Å². The Hall–Kier alpha value is -1.63. The van der Waals surface area contributed by atoms with E-state index in [0.717, 1.165) is 17.6 Å². The number of Topliss-reactive ketones (excluding diaryl/α,β-unsaturated/α-hetero) is 1. The summed E-state index contributed by atoms with van der Waals surface area (Å²) in [4.78, 5) is 12.6. The molecule has 2 aliphatic carbocycles. The van der Waals surface area contributed by atoms with E-state index in [-0.39, 0.29) is 16.6 Å². The van der Waals surface area contributed by atoms with Crippen molar-refractivity contribution in [1.82, 2.24) is 0 Å². The van der Waals surface area contributed by atoms with Gasteiger partial charge in [-0.2, -0.15) is 0 Å². The van der Waals surface area contributed by atoms with Gasteiger partial charge >= 0.3 is 0 Å². The van der Waals surface area contributed by atoms with Crippen molar-refractivity contribution in [3.8, 4) is 0 Å². The quantitative estimate of drug-likeness (QED) is 0.707. The number of rotatable bonds is 2. The Morgan fingerprint density at radius 2 is 1.78 bits per heavy atom. The van der Waals surface area contributed by atoms with E-state index in [0.29, 0.717) is 0 Å². The fourth-order valence-electron chi connectivity index (χ4n) is 3.20. The zero-order valence-electron chi connectivity index (χ0n) is 11.2. The molecule has 1 atom stereocenters. The fraction of sp³-hybridized carbons (Fsp3) is 0.353. The number of carbonyl (C=O) groups excluding carboxylic acids is 1. The standard InChI is InChI=1S/C17H18O/c1-16(2)13-9-10-17(16,3)14(11-13)15(18)12-7-5-4-6-8-12/h4-9,11H,10H2,1-3H3. The van der Waals surface area contributed by atoms with Crippen LogP contribution in [-0.4, -0.2) is 5.78 Å². The molecule has 2 aliphatic rings. The van der Waals surface area contributed by atoms with Gasteiger partial charge in [-0.1, -0.05) is 63.3 Å². The SMILES string of the molecule is CC1(C)C2=CCC1(C)C(C(=O)c1ccccc1)=C2. The van der Waals surface area contributed by atoms with Crippen molar-refractivity contribution < 1.29 is 4.79 Å². The first-order chi connectivity index (χ1) is 8.47. The molecule has 0 heterocycles. The van der Waals surface area contributed by atoms with Crippen molar-refractivity contribution in [2.45, 2.75) is 27.2 Å². The van der Waals surface area contributed by atoms with Crippen LogP contribution in [0.3, 0.4) is 0 Å². The van der Waals surface area contributed by atoms with Crippen LogP contribution in [0.4, 0.5) is 0 Å². The number of ketones is 1. The lowest BCUT2D eigenvalue weighted by atomic mass is 9.66. The van der Waals surface area contributed by atoms with Gasteiger partial charge in [0.1, 0.15) is 0 Å². The minimum Gasteiger partial charge on any atom is -0.289 e. The highest BCUT2D eigenvalue weighted by molar-refractivity contribution is 6.11. The Kier molecular flexibility index (Phi) is 2.19. The number of allylic oxidation sites excluding steroid dienone is 4. The molecule has 0 spiro atoms. The normalized spacial score (nSPS) is 27.9. The highest BCUT2D eigenvalue weighted by Crippen LogP contribution is 2.62. The van der Waals surface area contributed by atoms with Crippen LogP contribution in [-0.2, 0) is 0 Å². The van der Waals surface area contributed by atoms with Crippen molar-refractivity contribution in [1.29, 1.82) is 0 Å². The molecule has 3 rings (SSSR count). The van der Waals surface area contributed by atoms with Crippen LogP contribution in [0.5, 0.6) is 0 Å². The molecule has 0 amide bonds. The average Bonchev–Trinajstić information content (AvgIpc) is 2.71. The van der Waals surface area contributed by atoms with E-state index in [1.807, 2.05) is 30.3 Å². The number of fused-ring (bicyclic) bond motifs is 2. The predicted molar refractivity (Wildman–Crippen MR) is 73.4 cm³/mol. The first kappa shape index (κ1) is 11.5. The summed E-state index contributed by atoms with van der Waals surface area (Å²) in [6, 6.07) is 9.60. The molecule has 1 aromatic rings. The van der Waals surface area contributed by atoms with E-state index >= 15 is 0 Å². The second-order valence-electron chi connectivity index (χ2n) is 6.07. The Balaban J connectivity index is 2.04. The molecule has 2 bridgehead atoms. The van der Waals surface area contributed by atoms with Crippen LogP contribution >= 0.6 is 0 Å². The van der Waals surface area contributed by atoms with Gasteiger partial charge < -0.3 is 0 Å². The smallest absolute Gasteiger partial charge is 0.189 e. The van der Waals surface area contributed by atoms with E-state index in [1.54, 1.807) is 0 Å². The van der Waals surface area contributed by atoms with E-state index in [1.165, 1.54) is 5.57 Å². The number of carbonyl (C=O) groups is 1. The van der Waals surface area contributed by atoms with Gasteiger partial charge in [0, 0.05) is 16.6 Å². The average molecular weight is 238 g/mol. The van der Waals surface area contributed by atoms with E-state index in [4.69, 9.17) is 0 Å². The largest absolute Gasteiger partial charge is 0.289 e. The summed E-state index contributed by atoms with van der Waals surface area (Å²) in [6.45, 7) is 6.71. The van der Waals surface area contributed by atoms with Gasteiger partial charge in [-0.15, -0.1) is 0 Å². The molecule has 0 radical (unpaired) electrons. The Morgan fingerprint density at radius 3 is 2.28 bits per heavy atom. The maximum atomic E-state index is 12.6. The molecule has 0 aromatic heterocycles. The summed E-state index contributed by atoms with van der Waals surface area (Å²) < 4.78 is 0. The zero-order chi connectivity index (χ0) is 13.0. The van der Waals surface area contributed by atoms with Gasteiger partial charge in [0.25, 0.3) is 0 Å². The predicted octanol–water partition coefficient (Wildman–Crippen LogP) is 4.17. The lowest BCUT2D eigenvalue weighted by Crippen LogP contribution is -2.32. The maximum absolute atomic E-state index is 12.6. The van der Waals surface area contributed by atoms with Crippen molar-refractivity contribution >= 4 is 5.78 Å². The molecule has 92 valence electrons. The van der Waals surface area contributed by atoms with E-state index in [2.05, 4.69) is 32.9 Å². The highest BCUT2D eigenvalue weighted by atomic mass is 16.1. The zero-order valence-corrected chi connectivity index (χ0v) is 11.2. The Morgan fingerprint density at radius 1 is 1.11 bits per heavy atom. The molecular weight excluding hydrogens is 220 g/mol. The molecule has 18 heavy (non-hydrogen) atoms. The minimum atomic E-state index is -0.0325. The molecule has 1 unspecified atom stereocenters. The summed E-state index contributed by atoms with van der Waals surface area (Å²) in [7, 11) is 0. The molecule has 1 heteroatoms. The number of hydrogen-bond donors (Lipinski definition) is 0. The molecule has 0 saturated heterocycles. The van der Waals surface area contributed by atoms with Crippen LogP contribution < -0.4 is 0 Å². The summed E-state index contributed by atoms with van der Waals surface area (Å²) in [5.74, 6) is 0.189. The first-order valence-corrected chi connectivity index (χ1v) is 6.49. The van der Waals surface area contributed by atoms with Crippen LogP contribution in [0.25, 0.3) is 0 Å². The molecule has 1 nitrogen and oxygen atoms in total. The van der Waals surface area contributed by atoms with Crippen molar-refractivity contribution in [2.24, 2.45) is 10.8 Å². The summed E-state index contributed by atoms with van der Waals surface area (Å²) in [5, 5.41) is 0. The van der Waals surface area contributed by atoms with Crippen molar-refractivity contribution in [3.63, 3.8) is 0 Å². The third kappa shape index (κ3) is 1.25. The third-order valence-corrected chi connectivity index (χ3v) is 5.01. The van der Waals surface area contributed by atoms with E-state index in [9.17, 15) is 4.79 Å². The molecule has 0 aliphatic heterocycles. The van der Waals surface area contributed by atoms with Gasteiger partial charge in [-0.25, -0.2) is 0 Å². The fourth-order valence-corrected chi connectivity index (χ4v) is 3.20. The second-order valence-corrected chi connectivity index (χ2v) is 6.07. The summed E-state index contributed by atoms with van der Waals surface area (Å²) >= 11 is 0. The van der Waals surface area contributed by atoms with Crippen molar-refractivity contribution in [3.05, 3.63) is 59.2 Å². The highest BCUT2D eigenvalue weighted by Gasteiger charge is 2.54. The first-order valence-electron chi connectivity index (χ1n) is 6.49. The van der Waals surface area contributed by atoms with Gasteiger partial charge in [0.2, 0.25) is 0 Å². The maximum Gasteiger partial charge on any atom is 0.189 e. The van der Waals surface area contributed by atoms with Gasteiger partial charge in [0.05, 0.1) is 0 Å². The number of benzene rings is 1. The van der Waals surface area contributed by atoms with Gasteiger partial charge in [-0.05, 0) is 17.4 Å². The topological polar surface area (TPSA) is 17.1 Å². The molecule has 0 fully saturated rings. The van der Waals surface area contributed by atoms with E-state index < -0.39 is 0 Å². The molecule has 0 saturated carbocycles. The lowest BCUT2D eigenvalue weighted by molar-refractivity contribution is 0.0977. The van der Waals surface area contributed by atoms with Crippen LogP contribution in [0.2, 0.25) is 0 Å². The molecule has 0 N–H and O–H groups in total. The van der Waals surface area contributed by atoms with Gasteiger partial charge in [-0.3, -0.25) is 4.79 Å². The lowest BCUT2D eigenvalue weighted by Gasteiger charge is -2.36. The third-order valence-electron chi connectivity index (χ3n) is 5.01. The Bertz CT molecular complexity index is 575. The molecular formula is C17H18O. The monoisotopic (exact) mass is 238 g/mol.